The van der Waals surface area contributed by atoms with E-state index in [0.717, 1.165) is 41.8 Å². The fourth-order valence-corrected chi connectivity index (χ4v) is 8.89. The van der Waals surface area contributed by atoms with Crippen LogP contribution in [0.25, 0.3) is 44.7 Å². The van der Waals surface area contributed by atoms with Crippen LogP contribution in [0.1, 0.15) is 51.3 Å². The van der Waals surface area contributed by atoms with Gasteiger partial charge in [-0.3, -0.25) is 4.99 Å². The number of nitrogens with one attached hydrogen (secondary N) is 1. The number of hydrogen-bond donors (Lipinski definition) is 1. The van der Waals surface area contributed by atoms with Crippen LogP contribution in [0.2, 0.25) is 0 Å². The standard InChI is InChI=1S/C55H44N2/c1-37-21-22-45(33-50(37)40-15-7-3-8-16-40)46-31-32-49(52(34-46)47-30-27-42-26-25-41-17-11-12-20-48(41)51(42)35-47)55-56-53(43-18-9-4-10-19-43)36-54(57-55)44-28-23-39(24-29-44)38-13-5-2-6-14-38/h2-24,27-33,35-36,46,55-56H,25-26,34H2,1H3. The summed E-state index contributed by atoms with van der Waals surface area (Å²) in [5.74, 6) is 0.219. The molecule has 0 saturated carbocycles. The Bertz CT molecular complexity index is 2720. The summed E-state index contributed by atoms with van der Waals surface area (Å²) in [5, 5.41) is 3.91. The van der Waals surface area contributed by atoms with Gasteiger partial charge in [-0.2, -0.15) is 0 Å². The van der Waals surface area contributed by atoms with Crippen LogP contribution in [0.5, 0.6) is 0 Å². The maximum Gasteiger partial charge on any atom is 0.145 e. The van der Waals surface area contributed by atoms with Crippen molar-refractivity contribution >= 4 is 17.0 Å². The second-order valence-corrected chi connectivity index (χ2v) is 15.5. The van der Waals surface area contributed by atoms with Crippen LogP contribution in [0, 0.1) is 6.92 Å². The van der Waals surface area contributed by atoms with E-state index in [9.17, 15) is 0 Å². The van der Waals surface area contributed by atoms with Crippen molar-refractivity contribution in [2.45, 2.75) is 38.3 Å². The Labute approximate surface area is 336 Å². The zero-order chi connectivity index (χ0) is 38.1. The highest BCUT2D eigenvalue weighted by atomic mass is 15.1. The molecule has 7 aromatic rings. The van der Waals surface area contributed by atoms with Crippen molar-refractivity contribution in [3.63, 3.8) is 0 Å². The van der Waals surface area contributed by atoms with Crippen molar-refractivity contribution in [3.8, 4) is 33.4 Å². The van der Waals surface area contributed by atoms with E-state index in [1.54, 1.807) is 0 Å². The summed E-state index contributed by atoms with van der Waals surface area (Å²) in [6.07, 6.45) is 9.75. The highest BCUT2D eigenvalue weighted by Crippen LogP contribution is 2.43. The van der Waals surface area contributed by atoms with Crippen LogP contribution in [0.4, 0.5) is 0 Å². The lowest BCUT2D eigenvalue weighted by Gasteiger charge is -2.31. The summed E-state index contributed by atoms with van der Waals surface area (Å²) >= 11 is 0. The molecular weight excluding hydrogens is 689 g/mol. The van der Waals surface area contributed by atoms with Crippen molar-refractivity contribution in [2.75, 3.05) is 0 Å². The van der Waals surface area contributed by atoms with Gasteiger partial charge in [0.2, 0.25) is 0 Å². The molecule has 2 aliphatic carbocycles. The average Bonchev–Trinajstić information content (AvgIpc) is 3.29. The first-order chi connectivity index (χ1) is 28.1. The predicted molar refractivity (Wildman–Crippen MR) is 239 cm³/mol. The molecular formula is C55H44N2. The van der Waals surface area contributed by atoms with E-state index in [4.69, 9.17) is 4.99 Å². The molecule has 57 heavy (non-hydrogen) atoms. The first kappa shape index (κ1) is 34.7. The quantitative estimate of drug-likeness (QED) is 0.173. The lowest BCUT2D eigenvalue weighted by molar-refractivity contribution is 0.708. The number of rotatable bonds is 7. The van der Waals surface area contributed by atoms with Crippen molar-refractivity contribution in [1.29, 1.82) is 0 Å². The Balaban J connectivity index is 1.10. The number of allylic oxidation sites excluding steroid dienone is 3. The molecule has 2 nitrogen and oxygen atoms in total. The third-order valence-electron chi connectivity index (χ3n) is 12.0. The Kier molecular flexibility index (Phi) is 9.16. The first-order valence-corrected chi connectivity index (χ1v) is 20.2. The van der Waals surface area contributed by atoms with Gasteiger partial charge >= 0.3 is 0 Å². The molecule has 3 aliphatic rings. The van der Waals surface area contributed by atoms with Crippen molar-refractivity contribution in [3.05, 3.63) is 239 Å². The minimum atomic E-state index is -0.276. The van der Waals surface area contributed by atoms with E-state index in [2.05, 4.69) is 206 Å². The number of hydrogen-bond acceptors (Lipinski definition) is 2. The van der Waals surface area contributed by atoms with E-state index >= 15 is 0 Å². The molecule has 10 rings (SSSR count). The van der Waals surface area contributed by atoms with E-state index in [-0.39, 0.29) is 12.1 Å². The highest BCUT2D eigenvalue weighted by molar-refractivity contribution is 6.13. The molecule has 0 bridgehead atoms. The van der Waals surface area contributed by atoms with Gasteiger partial charge < -0.3 is 5.32 Å². The van der Waals surface area contributed by atoms with Gasteiger partial charge in [-0.1, -0.05) is 182 Å². The molecule has 2 unspecified atom stereocenters. The van der Waals surface area contributed by atoms with Crippen molar-refractivity contribution in [1.82, 2.24) is 5.32 Å². The summed E-state index contributed by atoms with van der Waals surface area (Å²) in [6.45, 7) is 2.22. The summed E-state index contributed by atoms with van der Waals surface area (Å²) < 4.78 is 0. The summed E-state index contributed by atoms with van der Waals surface area (Å²) in [5.41, 5.74) is 21.3. The van der Waals surface area contributed by atoms with Crippen LogP contribution >= 0.6 is 0 Å². The zero-order valence-corrected chi connectivity index (χ0v) is 32.2. The Morgan fingerprint density at radius 2 is 1.12 bits per heavy atom. The van der Waals surface area contributed by atoms with Gasteiger partial charge in [-0.05, 0) is 122 Å². The second-order valence-electron chi connectivity index (χ2n) is 15.5. The van der Waals surface area contributed by atoms with Crippen LogP contribution in [0.15, 0.2) is 205 Å². The topological polar surface area (TPSA) is 24.4 Å². The second kappa shape index (κ2) is 15.0. The first-order valence-electron chi connectivity index (χ1n) is 20.2. The van der Waals surface area contributed by atoms with Gasteiger partial charge in [0.15, 0.2) is 0 Å². The molecule has 0 amide bonds. The number of aliphatic imine (C=N–C) groups is 1. The lowest BCUT2D eigenvalue weighted by atomic mass is 9.78. The number of aryl methyl sites for hydroxylation is 3. The van der Waals surface area contributed by atoms with Gasteiger partial charge in [-0.25, -0.2) is 0 Å². The molecule has 0 radical (unpaired) electrons. The van der Waals surface area contributed by atoms with Gasteiger partial charge in [-0.15, -0.1) is 0 Å². The zero-order valence-electron chi connectivity index (χ0n) is 32.2. The molecule has 1 aliphatic heterocycles. The monoisotopic (exact) mass is 732 g/mol. The number of benzene rings is 7. The summed E-state index contributed by atoms with van der Waals surface area (Å²) in [7, 11) is 0. The Hall–Kier alpha value is -6.77. The minimum Gasteiger partial charge on any atom is -0.360 e. The maximum atomic E-state index is 5.54. The molecule has 1 N–H and O–H groups in total. The van der Waals surface area contributed by atoms with Gasteiger partial charge in [0.25, 0.3) is 0 Å². The summed E-state index contributed by atoms with van der Waals surface area (Å²) in [6, 6.07) is 64.1. The summed E-state index contributed by atoms with van der Waals surface area (Å²) in [4.78, 5) is 5.54. The fraction of sp³-hybridized carbons (Fsp3) is 0.109. The SMILES string of the molecule is Cc1ccc(C2C=CC(C3N=C(c4ccc(-c5ccccc5)cc4)C=C(c4ccccc4)N3)=C(c3ccc4c(c3)-c3ccccc3CC4)C2)cc1-c1ccccc1. The Morgan fingerprint density at radius 1 is 0.509 bits per heavy atom. The number of fused-ring (bicyclic) bond motifs is 3. The smallest absolute Gasteiger partial charge is 0.145 e. The van der Waals surface area contributed by atoms with E-state index in [0.29, 0.717) is 0 Å². The predicted octanol–water partition coefficient (Wildman–Crippen LogP) is 13.1. The van der Waals surface area contributed by atoms with Crippen molar-refractivity contribution < 1.29 is 0 Å². The third kappa shape index (κ3) is 6.89. The average molecular weight is 733 g/mol. The molecule has 2 atom stereocenters. The van der Waals surface area contributed by atoms with Crippen LogP contribution in [0.3, 0.4) is 0 Å². The number of nitrogens with zero attached hydrogens (tertiary/aromatic N) is 1. The molecule has 2 heteroatoms. The molecule has 0 fully saturated rings. The van der Waals surface area contributed by atoms with Crippen LogP contribution < -0.4 is 5.32 Å². The third-order valence-corrected chi connectivity index (χ3v) is 12.0. The molecule has 0 spiro atoms. The van der Waals surface area contributed by atoms with Gasteiger partial charge in [0, 0.05) is 11.6 Å². The van der Waals surface area contributed by atoms with Gasteiger partial charge in [0.1, 0.15) is 6.17 Å². The molecule has 7 aromatic carbocycles. The van der Waals surface area contributed by atoms with Gasteiger partial charge in [0.05, 0.1) is 5.71 Å². The van der Waals surface area contributed by atoms with Crippen molar-refractivity contribution in [2.24, 2.45) is 4.99 Å². The molecule has 0 aromatic heterocycles. The van der Waals surface area contributed by atoms with E-state index < -0.39 is 0 Å². The normalized spacial score (nSPS) is 17.2. The molecule has 1 heterocycles. The molecule has 0 saturated heterocycles. The minimum absolute atomic E-state index is 0.219. The molecule has 274 valence electrons. The fourth-order valence-electron chi connectivity index (χ4n) is 8.89. The van der Waals surface area contributed by atoms with E-state index in [1.807, 2.05) is 0 Å². The van der Waals surface area contributed by atoms with Crippen LogP contribution in [-0.2, 0) is 12.8 Å². The highest BCUT2D eigenvalue weighted by Gasteiger charge is 2.28. The lowest BCUT2D eigenvalue weighted by Crippen LogP contribution is -2.33. The van der Waals surface area contributed by atoms with Crippen LogP contribution in [-0.4, -0.2) is 11.9 Å². The Morgan fingerprint density at radius 3 is 1.88 bits per heavy atom. The maximum absolute atomic E-state index is 5.54. The van der Waals surface area contributed by atoms with E-state index in [1.165, 1.54) is 72.3 Å². The largest absolute Gasteiger partial charge is 0.360 e.